The van der Waals surface area contributed by atoms with E-state index in [-0.39, 0.29) is 5.02 Å². The van der Waals surface area contributed by atoms with Crippen molar-refractivity contribution in [2.45, 2.75) is 0 Å². The molecule has 0 bridgehead atoms. The van der Waals surface area contributed by atoms with E-state index in [0.717, 1.165) is 5.56 Å². The summed E-state index contributed by atoms with van der Waals surface area (Å²) >= 11 is 5.85. The summed E-state index contributed by atoms with van der Waals surface area (Å²) in [6.45, 7) is 0. The summed E-state index contributed by atoms with van der Waals surface area (Å²) in [5.41, 5.74) is 7.53. The summed E-state index contributed by atoms with van der Waals surface area (Å²) in [5, 5.41) is 0.211. The number of halogens is 2. The van der Waals surface area contributed by atoms with Crippen LogP contribution in [0.1, 0.15) is 0 Å². The molecule has 0 heterocycles. The highest BCUT2D eigenvalue weighted by molar-refractivity contribution is 6.33. The predicted molar refractivity (Wildman–Crippen MR) is 67.8 cm³/mol. The molecule has 4 heteroatoms. The van der Waals surface area contributed by atoms with Crippen molar-refractivity contribution in [3.8, 4) is 16.9 Å². The number of nitrogen functional groups attached to an aromatic ring is 1. The van der Waals surface area contributed by atoms with Gasteiger partial charge in [-0.15, -0.1) is 0 Å². The second kappa shape index (κ2) is 4.63. The molecule has 0 spiro atoms. The quantitative estimate of drug-likeness (QED) is 0.826. The summed E-state index contributed by atoms with van der Waals surface area (Å²) in [4.78, 5) is 0. The number of nitrogens with two attached hydrogens (primary N) is 1. The van der Waals surface area contributed by atoms with Gasteiger partial charge >= 0.3 is 0 Å². The van der Waals surface area contributed by atoms with Crippen LogP contribution in [0.2, 0.25) is 5.02 Å². The Morgan fingerprint density at radius 2 is 2.00 bits per heavy atom. The first-order valence-electron chi connectivity index (χ1n) is 5.01. The lowest BCUT2D eigenvalue weighted by Crippen LogP contribution is -1.93. The first kappa shape index (κ1) is 11.7. The molecule has 88 valence electrons. The summed E-state index contributed by atoms with van der Waals surface area (Å²) < 4.78 is 18.4. The Morgan fingerprint density at radius 1 is 1.24 bits per heavy atom. The van der Waals surface area contributed by atoms with E-state index >= 15 is 0 Å². The molecule has 0 fully saturated rings. The van der Waals surface area contributed by atoms with Gasteiger partial charge in [0.15, 0.2) is 0 Å². The van der Waals surface area contributed by atoms with Crippen molar-refractivity contribution in [3.63, 3.8) is 0 Å². The maximum absolute atomic E-state index is 13.3. The predicted octanol–water partition coefficient (Wildman–Crippen LogP) is 3.74. The van der Waals surface area contributed by atoms with Crippen LogP contribution >= 0.6 is 11.6 Å². The Bertz CT molecular complexity index is 557. The third-order valence-electron chi connectivity index (χ3n) is 2.48. The summed E-state index contributed by atoms with van der Waals surface area (Å²) in [6, 6.07) is 9.77. The van der Waals surface area contributed by atoms with Gasteiger partial charge in [-0.25, -0.2) is 4.39 Å². The van der Waals surface area contributed by atoms with Crippen LogP contribution in [0.25, 0.3) is 11.1 Å². The van der Waals surface area contributed by atoms with Crippen LogP contribution in [0.3, 0.4) is 0 Å². The van der Waals surface area contributed by atoms with E-state index < -0.39 is 5.82 Å². The van der Waals surface area contributed by atoms with Gasteiger partial charge in [0.1, 0.15) is 11.6 Å². The van der Waals surface area contributed by atoms with Crippen molar-refractivity contribution in [2.75, 3.05) is 12.8 Å². The molecule has 0 saturated heterocycles. The van der Waals surface area contributed by atoms with Crippen molar-refractivity contribution in [3.05, 3.63) is 47.2 Å². The molecular weight excluding hydrogens is 241 g/mol. The van der Waals surface area contributed by atoms with Crippen LogP contribution in [-0.2, 0) is 0 Å². The number of ether oxygens (including phenoxy) is 1. The standard InChI is InChI=1S/C13H11ClFNO/c1-17-10-4-2-3-8(5-10)11-6-9(15)7-12(14)13(11)16/h2-7H,16H2,1H3. The zero-order valence-electron chi connectivity index (χ0n) is 9.21. The fourth-order valence-electron chi connectivity index (χ4n) is 1.61. The SMILES string of the molecule is COc1cccc(-c2cc(F)cc(Cl)c2N)c1. The van der Waals surface area contributed by atoms with Crippen molar-refractivity contribution >= 4 is 17.3 Å². The van der Waals surface area contributed by atoms with E-state index in [4.69, 9.17) is 22.1 Å². The van der Waals surface area contributed by atoms with E-state index in [1.807, 2.05) is 12.1 Å². The number of hydrogen-bond acceptors (Lipinski definition) is 2. The molecule has 0 unspecified atom stereocenters. The minimum absolute atomic E-state index is 0.211. The first-order chi connectivity index (χ1) is 8.11. The Morgan fingerprint density at radius 3 is 2.71 bits per heavy atom. The van der Waals surface area contributed by atoms with Gasteiger partial charge in [0, 0.05) is 5.56 Å². The minimum Gasteiger partial charge on any atom is -0.497 e. The van der Waals surface area contributed by atoms with Crippen LogP contribution < -0.4 is 10.5 Å². The van der Waals surface area contributed by atoms with Gasteiger partial charge in [0.2, 0.25) is 0 Å². The van der Waals surface area contributed by atoms with Crippen molar-refractivity contribution < 1.29 is 9.13 Å². The highest BCUT2D eigenvalue weighted by Gasteiger charge is 2.09. The third-order valence-corrected chi connectivity index (χ3v) is 2.79. The molecule has 0 aromatic heterocycles. The second-order valence-corrected chi connectivity index (χ2v) is 3.99. The Labute approximate surface area is 104 Å². The topological polar surface area (TPSA) is 35.2 Å². The lowest BCUT2D eigenvalue weighted by atomic mass is 10.0. The van der Waals surface area contributed by atoms with Crippen LogP contribution in [0.5, 0.6) is 5.75 Å². The molecule has 0 aliphatic carbocycles. The van der Waals surface area contributed by atoms with Crippen molar-refractivity contribution in [2.24, 2.45) is 0 Å². The van der Waals surface area contributed by atoms with Gasteiger partial charge in [0.05, 0.1) is 17.8 Å². The highest BCUT2D eigenvalue weighted by Crippen LogP contribution is 2.33. The lowest BCUT2D eigenvalue weighted by molar-refractivity contribution is 0.415. The van der Waals surface area contributed by atoms with Crippen LogP contribution in [0.4, 0.5) is 10.1 Å². The van der Waals surface area contributed by atoms with E-state index in [9.17, 15) is 4.39 Å². The van der Waals surface area contributed by atoms with Crippen molar-refractivity contribution in [1.29, 1.82) is 0 Å². The highest BCUT2D eigenvalue weighted by atomic mass is 35.5. The average Bonchev–Trinajstić information content (AvgIpc) is 2.34. The molecule has 17 heavy (non-hydrogen) atoms. The smallest absolute Gasteiger partial charge is 0.125 e. The normalized spacial score (nSPS) is 10.3. The molecule has 0 aliphatic rings. The summed E-state index contributed by atoms with van der Waals surface area (Å²) in [7, 11) is 1.57. The van der Waals surface area contributed by atoms with E-state index in [1.165, 1.54) is 12.1 Å². The second-order valence-electron chi connectivity index (χ2n) is 3.58. The molecule has 2 aromatic rings. The summed E-state index contributed by atoms with van der Waals surface area (Å²) in [5.74, 6) is 0.268. The maximum Gasteiger partial charge on any atom is 0.125 e. The van der Waals surface area contributed by atoms with Gasteiger partial charge < -0.3 is 10.5 Å². The molecule has 0 aliphatic heterocycles. The van der Waals surface area contributed by atoms with Gasteiger partial charge in [-0.05, 0) is 29.8 Å². The van der Waals surface area contributed by atoms with Crippen LogP contribution in [0.15, 0.2) is 36.4 Å². The molecule has 2 nitrogen and oxygen atoms in total. The Hall–Kier alpha value is -1.74. The molecule has 0 atom stereocenters. The fraction of sp³-hybridized carbons (Fsp3) is 0.0769. The molecule has 0 radical (unpaired) electrons. The lowest BCUT2D eigenvalue weighted by Gasteiger charge is -2.09. The molecular formula is C13H11ClFNO. The molecule has 2 aromatic carbocycles. The molecule has 2 rings (SSSR count). The zero-order valence-corrected chi connectivity index (χ0v) is 9.96. The largest absolute Gasteiger partial charge is 0.497 e. The number of methoxy groups -OCH3 is 1. The van der Waals surface area contributed by atoms with Crippen LogP contribution in [0, 0.1) is 5.82 Å². The van der Waals surface area contributed by atoms with E-state index in [2.05, 4.69) is 0 Å². The zero-order chi connectivity index (χ0) is 12.4. The van der Waals surface area contributed by atoms with Crippen LogP contribution in [-0.4, -0.2) is 7.11 Å². The summed E-state index contributed by atoms with van der Waals surface area (Å²) in [6.07, 6.45) is 0. The average molecular weight is 252 g/mol. The van der Waals surface area contributed by atoms with Crippen molar-refractivity contribution in [1.82, 2.24) is 0 Å². The minimum atomic E-state index is -0.415. The molecule has 0 saturated carbocycles. The maximum atomic E-state index is 13.3. The Balaban J connectivity index is 2.59. The molecule has 2 N–H and O–H groups in total. The van der Waals surface area contributed by atoms with Gasteiger partial charge in [-0.1, -0.05) is 23.7 Å². The van der Waals surface area contributed by atoms with E-state index in [1.54, 1.807) is 19.2 Å². The third kappa shape index (κ3) is 2.34. The first-order valence-corrected chi connectivity index (χ1v) is 5.38. The number of rotatable bonds is 2. The number of hydrogen-bond donors (Lipinski definition) is 1. The number of anilines is 1. The Kier molecular flexibility index (Phi) is 3.20. The number of benzene rings is 2. The van der Waals surface area contributed by atoms with E-state index in [0.29, 0.717) is 17.0 Å². The fourth-order valence-corrected chi connectivity index (χ4v) is 1.82. The monoisotopic (exact) mass is 251 g/mol. The van der Waals surface area contributed by atoms with Gasteiger partial charge in [-0.2, -0.15) is 0 Å². The van der Waals surface area contributed by atoms with Gasteiger partial charge in [0.25, 0.3) is 0 Å². The molecule has 0 amide bonds. The van der Waals surface area contributed by atoms with Gasteiger partial charge in [-0.3, -0.25) is 0 Å².